The van der Waals surface area contributed by atoms with Gasteiger partial charge in [-0.2, -0.15) is 0 Å². The lowest BCUT2D eigenvalue weighted by atomic mass is 9.84. The van der Waals surface area contributed by atoms with Gasteiger partial charge >= 0.3 is 0 Å². The molecule has 2 nitrogen and oxygen atoms in total. The maximum absolute atomic E-state index is 12.6. The molecule has 0 radical (unpaired) electrons. The second-order valence-corrected chi connectivity index (χ2v) is 5.28. The molecule has 1 N–H and O–H groups in total. The minimum Gasteiger partial charge on any atom is -0.388 e. The molecule has 0 aromatic heterocycles. The van der Waals surface area contributed by atoms with Crippen molar-refractivity contribution in [1.82, 2.24) is 0 Å². The van der Waals surface area contributed by atoms with Crippen molar-refractivity contribution < 1.29 is 4.79 Å². The van der Waals surface area contributed by atoms with E-state index in [1.807, 2.05) is 25.2 Å². The van der Waals surface area contributed by atoms with Crippen LogP contribution < -0.4 is 5.32 Å². The zero-order valence-corrected chi connectivity index (χ0v) is 11.8. The van der Waals surface area contributed by atoms with Crippen LogP contribution in [0, 0.1) is 0 Å². The van der Waals surface area contributed by atoms with Crippen LogP contribution in [0.2, 0.25) is 10.0 Å². The lowest BCUT2D eigenvalue weighted by Crippen LogP contribution is -2.17. The van der Waals surface area contributed by atoms with Crippen LogP contribution in [-0.4, -0.2) is 12.8 Å². The topological polar surface area (TPSA) is 29.1 Å². The first-order valence-corrected chi connectivity index (χ1v) is 6.70. The third-order valence-electron chi connectivity index (χ3n) is 3.48. The van der Waals surface area contributed by atoms with Gasteiger partial charge in [0.1, 0.15) is 0 Å². The maximum atomic E-state index is 12.6. The Morgan fingerprint density at radius 2 is 1.79 bits per heavy atom. The molecule has 2 aromatic carbocycles. The molecule has 0 bridgehead atoms. The standard InChI is InChI=1S/C15H11Cl2NO/c1-18-13-4-2-3-8-9(13)7-10-11(16)5-6-12(17)14(10)15(8)19/h2-6,18H,7H2,1H3. The summed E-state index contributed by atoms with van der Waals surface area (Å²) < 4.78 is 0. The molecule has 0 spiro atoms. The maximum Gasteiger partial charge on any atom is 0.195 e. The largest absolute Gasteiger partial charge is 0.388 e. The van der Waals surface area contributed by atoms with Crippen molar-refractivity contribution in [2.75, 3.05) is 12.4 Å². The SMILES string of the molecule is CNc1cccc2c1Cc1c(Cl)ccc(Cl)c1C2=O. The minimum absolute atomic E-state index is 0.0548. The molecule has 96 valence electrons. The summed E-state index contributed by atoms with van der Waals surface area (Å²) in [7, 11) is 1.84. The molecule has 4 heteroatoms. The predicted molar refractivity (Wildman–Crippen MR) is 78.7 cm³/mol. The number of hydrogen-bond donors (Lipinski definition) is 1. The Balaban J connectivity index is 2.29. The van der Waals surface area contributed by atoms with Gasteiger partial charge in [0.25, 0.3) is 0 Å². The van der Waals surface area contributed by atoms with Gasteiger partial charge in [0.05, 0.1) is 5.02 Å². The molecule has 1 aliphatic carbocycles. The smallest absolute Gasteiger partial charge is 0.195 e. The van der Waals surface area contributed by atoms with E-state index in [0.29, 0.717) is 27.6 Å². The summed E-state index contributed by atoms with van der Waals surface area (Å²) in [5, 5.41) is 4.16. The summed E-state index contributed by atoms with van der Waals surface area (Å²) in [5.41, 5.74) is 3.98. The molecule has 0 heterocycles. The van der Waals surface area contributed by atoms with Crippen molar-refractivity contribution in [3.63, 3.8) is 0 Å². The number of anilines is 1. The minimum atomic E-state index is -0.0548. The summed E-state index contributed by atoms with van der Waals surface area (Å²) in [4.78, 5) is 12.6. The molecule has 1 aliphatic rings. The highest BCUT2D eigenvalue weighted by atomic mass is 35.5. The first-order valence-electron chi connectivity index (χ1n) is 5.94. The normalized spacial score (nSPS) is 12.9. The van der Waals surface area contributed by atoms with Crippen LogP contribution in [0.4, 0.5) is 5.69 Å². The van der Waals surface area contributed by atoms with Crippen LogP contribution in [0.3, 0.4) is 0 Å². The zero-order valence-electron chi connectivity index (χ0n) is 10.3. The predicted octanol–water partition coefficient (Wildman–Crippen LogP) is 4.17. The van der Waals surface area contributed by atoms with E-state index in [0.717, 1.165) is 16.8 Å². The van der Waals surface area contributed by atoms with E-state index >= 15 is 0 Å². The second-order valence-electron chi connectivity index (χ2n) is 4.47. The van der Waals surface area contributed by atoms with Crippen molar-refractivity contribution in [3.05, 3.63) is 62.6 Å². The third-order valence-corrected chi connectivity index (χ3v) is 4.14. The molecule has 0 saturated carbocycles. The highest BCUT2D eigenvalue weighted by Crippen LogP contribution is 2.38. The molecule has 3 rings (SSSR count). The Morgan fingerprint density at radius 3 is 2.53 bits per heavy atom. The Morgan fingerprint density at radius 1 is 1.05 bits per heavy atom. The summed E-state index contributed by atoms with van der Waals surface area (Å²) in [6.45, 7) is 0. The summed E-state index contributed by atoms with van der Waals surface area (Å²) >= 11 is 12.4. The monoisotopic (exact) mass is 291 g/mol. The lowest BCUT2D eigenvalue weighted by Gasteiger charge is -2.22. The quantitative estimate of drug-likeness (QED) is 0.729. The van der Waals surface area contributed by atoms with Gasteiger partial charge in [0.2, 0.25) is 0 Å². The van der Waals surface area contributed by atoms with Crippen LogP contribution in [0.15, 0.2) is 30.3 Å². The van der Waals surface area contributed by atoms with Gasteiger partial charge in [-0.25, -0.2) is 0 Å². The van der Waals surface area contributed by atoms with E-state index in [-0.39, 0.29) is 5.78 Å². The van der Waals surface area contributed by atoms with Crippen LogP contribution in [0.5, 0.6) is 0 Å². The first-order chi connectivity index (χ1) is 9.13. The number of carbonyl (C=O) groups is 1. The summed E-state index contributed by atoms with van der Waals surface area (Å²) in [5.74, 6) is -0.0548. The highest BCUT2D eigenvalue weighted by Gasteiger charge is 2.28. The van der Waals surface area contributed by atoms with Crippen LogP contribution >= 0.6 is 23.2 Å². The van der Waals surface area contributed by atoms with Crippen LogP contribution in [0.1, 0.15) is 27.0 Å². The number of carbonyl (C=O) groups excluding carboxylic acids is 1. The molecule has 2 aromatic rings. The van der Waals surface area contributed by atoms with Crippen molar-refractivity contribution in [2.24, 2.45) is 0 Å². The van der Waals surface area contributed by atoms with Crippen LogP contribution in [-0.2, 0) is 6.42 Å². The molecule has 0 amide bonds. The number of rotatable bonds is 1. The van der Waals surface area contributed by atoms with E-state index in [2.05, 4.69) is 5.32 Å². The van der Waals surface area contributed by atoms with Gasteiger partial charge in [0, 0.05) is 35.3 Å². The van der Waals surface area contributed by atoms with Gasteiger partial charge in [-0.05, 0) is 29.3 Å². The van der Waals surface area contributed by atoms with Crippen molar-refractivity contribution in [3.8, 4) is 0 Å². The molecular formula is C15H11Cl2NO. The van der Waals surface area contributed by atoms with E-state index in [1.54, 1.807) is 12.1 Å². The van der Waals surface area contributed by atoms with Gasteiger partial charge in [-0.1, -0.05) is 35.3 Å². The van der Waals surface area contributed by atoms with Gasteiger partial charge in [0.15, 0.2) is 5.78 Å². The summed E-state index contributed by atoms with van der Waals surface area (Å²) in [6.07, 6.45) is 0.618. The number of hydrogen-bond acceptors (Lipinski definition) is 2. The van der Waals surface area contributed by atoms with Crippen molar-refractivity contribution >= 4 is 34.7 Å². The van der Waals surface area contributed by atoms with Crippen molar-refractivity contribution in [2.45, 2.75) is 6.42 Å². The lowest BCUT2D eigenvalue weighted by molar-refractivity contribution is 0.103. The van der Waals surface area contributed by atoms with E-state index in [9.17, 15) is 4.79 Å². The third kappa shape index (κ3) is 1.83. The molecule has 0 fully saturated rings. The number of benzene rings is 2. The Labute approximate surface area is 121 Å². The fraction of sp³-hybridized carbons (Fsp3) is 0.133. The molecule has 0 atom stereocenters. The Kier molecular flexibility index (Phi) is 3.00. The fourth-order valence-electron chi connectivity index (χ4n) is 2.55. The fourth-order valence-corrected chi connectivity index (χ4v) is 3.04. The molecule has 0 unspecified atom stereocenters. The number of halogens is 2. The number of ketones is 1. The van der Waals surface area contributed by atoms with Crippen LogP contribution in [0.25, 0.3) is 0 Å². The van der Waals surface area contributed by atoms with E-state index in [4.69, 9.17) is 23.2 Å². The number of fused-ring (bicyclic) bond motifs is 2. The average Bonchev–Trinajstić information content (AvgIpc) is 2.42. The first kappa shape index (κ1) is 12.5. The van der Waals surface area contributed by atoms with E-state index in [1.165, 1.54) is 0 Å². The van der Waals surface area contributed by atoms with Crippen molar-refractivity contribution in [1.29, 1.82) is 0 Å². The average molecular weight is 292 g/mol. The number of nitrogens with one attached hydrogen (secondary N) is 1. The van der Waals surface area contributed by atoms with Gasteiger partial charge in [-0.15, -0.1) is 0 Å². The van der Waals surface area contributed by atoms with E-state index < -0.39 is 0 Å². The summed E-state index contributed by atoms with van der Waals surface area (Å²) in [6, 6.07) is 9.07. The van der Waals surface area contributed by atoms with Gasteiger partial charge in [-0.3, -0.25) is 4.79 Å². The molecular weight excluding hydrogens is 281 g/mol. The van der Waals surface area contributed by atoms with Gasteiger partial charge < -0.3 is 5.32 Å². The molecule has 0 aliphatic heterocycles. The second kappa shape index (κ2) is 4.55. The molecule has 0 saturated heterocycles. The Hall–Kier alpha value is -1.51. The zero-order chi connectivity index (χ0) is 13.6. The molecule has 19 heavy (non-hydrogen) atoms. The highest BCUT2D eigenvalue weighted by molar-refractivity contribution is 6.38. The Bertz CT molecular complexity index is 695.